The van der Waals surface area contributed by atoms with Crippen molar-refractivity contribution in [1.29, 1.82) is 0 Å². The molecule has 0 atom stereocenters. The van der Waals surface area contributed by atoms with Crippen LogP contribution in [-0.2, 0) is 17.9 Å². The van der Waals surface area contributed by atoms with E-state index < -0.39 is 0 Å². The Morgan fingerprint density at radius 2 is 1.93 bits per heavy atom. The van der Waals surface area contributed by atoms with Crippen LogP contribution in [0.3, 0.4) is 0 Å². The number of carbonyl (C=O) groups excluding carboxylic acids is 2. The highest BCUT2D eigenvalue weighted by Gasteiger charge is 2.11. The SMILES string of the molecule is C=CC(=O)NCc1ccc(C(=O)Nc2cc3cc(c2)Nc2nccc(n2)-c2cccc(c2)OCC/C=C/CN(C)C3)cc1. The summed E-state index contributed by atoms with van der Waals surface area (Å²) in [6.07, 6.45) is 8.01. The molecule has 3 N–H and O–H groups in total. The van der Waals surface area contributed by atoms with Crippen LogP contribution in [-0.4, -0.2) is 46.9 Å². The van der Waals surface area contributed by atoms with Crippen LogP contribution in [0, 0.1) is 0 Å². The lowest BCUT2D eigenvalue weighted by Gasteiger charge is -2.17. The first kappa shape index (κ1) is 29.2. The molecule has 0 spiro atoms. The molecule has 6 bridgehead atoms. The van der Waals surface area contributed by atoms with Crippen molar-refractivity contribution in [1.82, 2.24) is 20.2 Å². The highest BCUT2D eigenvalue weighted by Crippen LogP contribution is 2.26. The summed E-state index contributed by atoms with van der Waals surface area (Å²) in [6, 6.07) is 22.7. The van der Waals surface area contributed by atoms with Gasteiger partial charge in [0.1, 0.15) is 5.75 Å². The van der Waals surface area contributed by atoms with E-state index in [-0.39, 0.29) is 11.8 Å². The van der Waals surface area contributed by atoms with E-state index in [0.717, 1.165) is 46.8 Å². The van der Waals surface area contributed by atoms with Crippen molar-refractivity contribution in [3.05, 3.63) is 120 Å². The first-order valence-electron chi connectivity index (χ1n) is 14.1. The third-order valence-electron chi connectivity index (χ3n) is 6.75. The molecule has 43 heavy (non-hydrogen) atoms. The zero-order valence-electron chi connectivity index (χ0n) is 24.0. The van der Waals surface area contributed by atoms with Crippen LogP contribution >= 0.6 is 0 Å². The molecule has 3 aromatic carbocycles. The Balaban J connectivity index is 1.40. The smallest absolute Gasteiger partial charge is 0.255 e. The number of likely N-dealkylation sites (N-methyl/N-ethyl adjacent to an activating group) is 1. The summed E-state index contributed by atoms with van der Waals surface area (Å²) in [6.45, 7) is 5.82. The highest BCUT2D eigenvalue weighted by molar-refractivity contribution is 6.04. The lowest BCUT2D eigenvalue weighted by molar-refractivity contribution is -0.116. The Bertz CT molecular complexity index is 1630. The topological polar surface area (TPSA) is 108 Å². The van der Waals surface area contributed by atoms with E-state index in [0.29, 0.717) is 36.9 Å². The number of amides is 2. The van der Waals surface area contributed by atoms with Crippen molar-refractivity contribution < 1.29 is 14.3 Å². The molecule has 4 aromatic rings. The van der Waals surface area contributed by atoms with Crippen LogP contribution in [0.15, 0.2) is 104 Å². The summed E-state index contributed by atoms with van der Waals surface area (Å²) >= 11 is 0. The quantitative estimate of drug-likeness (QED) is 0.207. The first-order chi connectivity index (χ1) is 20.9. The molecule has 0 aliphatic carbocycles. The largest absolute Gasteiger partial charge is 0.493 e. The van der Waals surface area contributed by atoms with Crippen LogP contribution in [0.25, 0.3) is 11.3 Å². The van der Waals surface area contributed by atoms with E-state index >= 15 is 0 Å². The minimum Gasteiger partial charge on any atom is -0.493 e. The Morgan fingerprint density at radius 1 is 1.07 bits per heavy atom. The Kier molecular flexibility index (Phi) is 9.56. The number of ether oxygens (including phenoxy) is 1. The standard InChI is InChI=1S/C34H34N6O3/c1-3-32(41)36-22-24-10-12-26(13-11-24)33(42)37-28-18-25-19-29(21-28)38-34-35-15-14-31(39-34)27-8-7-9-30(20-27)43-17-6-4-5-16-40(2)23-25/h3-5,7-15,18-21H,1,6,16-17,22-23H2,2H3,(H,36,41)(H,37,42)(H,35,38,39)/b5-4+. The molecule has 0 unspecified atom stereocenters. The summed E-state index contributed by atoms with van der Waals surface area (Å²) in [5, 5.41) is 9.08. The van der Waals surface area contributed by atoms with E-state index in [4.69, 9.17) is 9.72 Å². The number of nitrogens with zero attached hydrogens (tertiary/aromatic N) is 3. The third-order valence-corrected chi connectivity index (χ3v) is 6.75. The van der Waals surface area contributed by atoms with E-state index in [1.165, 1.54) is 6.08 Å². The second-order valence-corrected chi connectivity index (χ2v) is 10.2. The number of aromatic nitrogens is 2. The third kappa shape index (κ3) is 8.37. The van der Waals surface area contributed by atoms with Crippen molar-refractivity contribution in [2.75, 3.05) is 30.8 Å². The van der Waals surface area contributed by atoms with Crippen LogP contribution in [0.4, 0.5) is 17.3 Å². The molecule has 218 valence electrons. The van der Waals surface area contributed by atoms with Crippen LogP contribution in [0.1, 0.15) is 27.9 Å². The van der Waals surface area contributed by atoms with Gasteiger partial charge in [-0.25, -0.2) is 9.97 Å². The van der Waals surface area contributed by atoms with Gasteiger partial charge in [0, 0.05) is 48.3 Å². The van der Waals surface area contributed by atoms with Gasteiger partial charge in [0.2, 0.25) is 11.9 Å². The number of rotatable bonds is 5. The lowest BCUT2D eigenvalue weighted by atomic mass is 10.1. The maximum Gasteiger partial charge on any atom is 0.255 e. The van der Waals surface area contributed by atoms with Crippen molar-refractivity contribution in [3.63, 3.8) is 0 Å². The molecule has 0 saturated heterocycles. The molecule has 1 aliphatic heterocycles. The zero-order chi connectivity index (χ0) is 30.0. The number of benzene rings is 3. The lowest BCUT2D eigenvalue weighted by Crippen LogP contribution is -2.20. The molecule has 5 rings (SSSR count). The van der Waals surface area contributed by atoms with Gasteiger partial charge in [-0.15, -0.1) is 0 Å². The molecule has 0 radical (unpaired) electrons. The van der Waals surface area contributed by atoms with Crippen LogP contribution in [0.5, 0.6) is 5.75 Å². The van der Waals surface area contributed by atoms with Crippen molar-refractivity contribution >= 4 is 29.1 Å². The van der Waals surface area contributed by atoms with Gasteiger partial charge in [0.05, 0.1) is 12.3 Å². The summed E-state index contributed by atoms with van der Waals surface area (Å²) in [5.41, 5.74) is 5.48. The van der Waals surface area contributed by atoms with Crippen LogP contribution < -0.4 is 20.7 Å². The number of nitrogens with one attached hydrogen (secondary N) is 3. The molecule has 2 amide bonds. The summed E-state index contributed by atoms with van der Waals surface area (Å²) in [7, 11) is 2.05. The van der Waals surface area contributed by atoms with E-state index in [1.807, 2.05) is 60.7 Å². The average molecular weight is 575 g/mol. The van der Waals surface area contributed by atoms with Gasteiger partial charge in [-0.1, -0.05) is 43.0 Å². The van der Waals surface area contributed by atoms with Crippen molar-refractivity contribution in [3.8, 4) is 17.0 Å². The molecule has 1 aromatic heterocycles. The molecule has 2 heterocycles. The number of hydrogen-bond donors (Lipinski definition) is 3. The normalized spacial score (nSPS) is 14.2. The molecule has 9 nitrogen and oxygen atoms in total. The molecule has 9 heteroatoms. The first-order valence-corrected chi connectivity index (χ1v) is 14.1. The molecule has 1 aliphatic rings. The minimum absolute atomic E-state index is 0.240. The average Bonchev–Trinajstić information content (AvgIpc) is 3.01. The van der Waals surface area contributed by atoms with Gasteiger partial charge < -0.3 is 20.7 Å². The summed E-state index contributed by atoms with van der Waals surface area (Å²) < 4.78 is 5.95. The highest BCUT2D eigenvalue weighted by atomic mass is 16.5. The summed E-state index contributed by atoms with van der Waals surface area (Å²) in [4.78, 5) is 36.0. The Hall–Kier alpha value is -5.28. The number of anilines is 3. The van der Waals surface area contributed by atoms with Gasteiger partial charge in [-0.3, -0.25) is 14.5 Å². The summed E-state index contributed by atoms with van der Waals surface area (Å²) in [5.74, 6) is 0.743. The number of hydrogen-bond acceptors (Lipinski definition) is 7. The van der Waals surface area contributed by atoms with E-state index in [9.17, 15) is 9.59 Å². The monoisotopic (exact) mass is 574 g/mol. The Labute approximate surface area is 251 Å². The van der Waals surface area contributed by atoms with Gasteiger partial charge >= 0.3 is 0 Å². The fourth-order valence-electron chi connectivity index (χ4n) is 4.61. The number of fused-ring (bicyclic) bond motifs is 7. The van der Waals surface area contributed by atoms with E-state index in [1.54, 1.807) is 18.3 Å². The Morgan fingerprint density at radius 3 is 2.77 bits per heavy atom. The van der Waals surface area contributed by atoms with Crippen LogP contribution in [0.2, 0.25) is 0 Å². The van der Waals surface area contributed by atoms with E-state index in [2.05, 4.69) is 51.6 Å². The fraction of sp³-hybridized carbons (Fsp3) is 0.176. The molecular weight excluding hydrogens is 540 g/mol. The maximum absolute atomic E-state index is 13.2. The number of carbonyl (C=O) groups is 2. The van der Waals surface area contributed by atoms with Gasteiger partial charge in [0.15, 0.2) is 0 Å². The molecule has 0 saturated carbocycles. The predicted molar refractivity (Wildman–Crippen MR) is 169 cm³/mol. The van der Waals surface area contributed by atoms with Gasteiger partial charge in [0.25, 0.3) is 5.91 Å². The van der Waals surface area contributed by atoms with Gasteiger partial charge in [-0.05, 0) is 79.2 Å². The molecule has 0 fully saturated rings. The maximum atomic E-state index is 13.2. The second kappa shape index (κ2) is 14.1. The zero-order valence-corrected chi connectivity index (χ0v) is 24.0. The minimum atomic E-state index is -0.247. The molecular formula is C34H34N6O3. The predicted octanol–water partition coefficient (Wildman–Crippen LogP) is 5.71. The second-order valence-electron chi connectivity index (χ2n) is 10.2. The fourth-order valence-corrected chi connectivity index (χ4v) is 4.61. The van der Waals surface area contributed by atoms with Gasteiger partial charge in [-0.2, -0.15) is 0 Å². The van der Waals surface area contributed by atoms with Crippen molar-refractivity contribution in [2.24, 2.45) is 0 Å². The van der Waals surface area contributed by atoms with Crippen molar-refractivity contribution in [2.45, 2.75) is 19.5 Å².